The third kappa shape index (κ3) is 7.77. The molecule has 0 aliphatic carbocycles. The molecular formula is C47H51O4PSi2. The van der Waals surface area contributed by atoms with Gasteiger partial charge in [-0.25, -0.2) is 4.57 Å². The summed E-state index contributed by atoms with van der Waals surface area (Å²) in [5.74, 6) is 0.911. The molecule has 4 nitrogen and oxygen atoms in total. The van der Waals surface area contributed by atoms with Gasteiger partial charge in [-0.05, 0) is 82.5 Å². The van der Waals surface area contributed by atoms with Gasteiger partial charge >= 0.3 is 7.82 Å². The summed E-state index contributed by atoms with van der Waals surface area (Å²) in [6.45, 7) is 17.9. The molecule has 3 unspecified atom stereocenters. The molecule has 0 fully saturated rings. The molecular weight excluding hydrogens is 716 g/mol. The molecule has 0 saturated carbocycles. The lowest BCUT2D eigenvalue weighted by Gasteiger charge is -2.23. The first-order chi connectivity index (χ1) is 25.7. The predicted molar refractivity (Wildman–Crippen MR) is 230 cm³/mol. The first-order valence-electron chi connectivity index (χ1n) is 19.2. The fourth-order valence-corrected chi connectivity index (χ4v) is 11.9. The number of phosphoric ester groups is 1. The molecule has 6 aromatic carbocycles. The standard InChI is InChI=1S/C47H51O4PSi2/c1-9-15-39(31-22-26-35(27-23-31)47(6,7)8)54-41-29-33-17-12-14-19-37(33)43-42-36-18-13-11-16-32(36)28-40(44(42)50-52(48,49)51-45(41)43)53-38(10-2)30-20-24-34(25-21-30)46(3,4)5/h11-14,16-29,38-39H,9-10,15H2,1-8H3,(H,48,49). The molecule has 0 bridgehead atoms. The van der Waals surface area contributed by atoms with Crippen LogP contribution in [0.3, 0.4) is 0 Å². The van der Waals surface area contributed by atoms with Crippen LogP contribution < -0.4 is 19.4 Å². The van der Waals surface area contributed by atoms with Crippen molar-refractivity contribution in [1.82, 2.24) is 0 Å². The van der Waals surface area contributed by atoms with Crippen LogP contribution in [0.5, 0.6) is 11.5 Å². The predicted octanol–water partition coefficient (Wildman–Crippen LogP) is 11.5. The lowest BCUT2D eigenvalue weighted by molar-refractivity contribution is 0.296. The van der Waals surface area contributed by atoms with Crippen LogP contribution in [0.15, 0.2) is 109 Å². The maximum absolute atomic E-state index is 14.2. The highest BCUT2D eigenvalue weighted by molar-refractivity contribution is 7.48. The molecule has 4 radical (unpaired) electrons. The Balaban J connectivity index is 1.43. The van der Waals surface area contributed by atoms with Crippen LogP contribution in [-0.4, -0.2) is 23.9 Å². The summed E-state index contributed by atoms with van der Waals surface area (Å²) >= 11 is 0. The second-order valence-electron chi connectivity index (χ2n) is 16.7. The van der Waals surface area contributed by atoms with E-state index in [-0.39, 0.29) is 21.9 Å². The first-order valence-corrected chi connectivity index (χ1v) is 22.9. The Morgan fingerprint density at radius 1 is 0.611 bits per heavy atom. The highest BCUT2D eigenvalue weighted by Gasteiger charge is 2.38. The van der Waals surface area contributed by atoms with Crippen LogP contribution in [0, 0.1) is 0 Å². The maximum atomic E-state index is 14.2. The minimum Gasteiger partial charge on any atom is -0.395 e. The average Bonchev–Trinajstić information content (AvgIpc) is 3.26. The molecule has 0 amide bonds. The van der Waals surface area contributed by atoms with E-state index in [1.165, 1.54) is 22.3 Å². The largest absolute Gasteiger partial charge is 0.584 e. The zero-order valence-electron chi connectivity index (χ0n) is 32.8. The third-order valence-corrected chi connectivity index (χ3v) is 14.9. The molecule has 1 N–H and O–H groups in total. The summed E-state index contributed by atoms with van der Waals surface area (Å²) < 4.78 is 26.8. The van der Waals surface area contributed by atoms with Crippen LogP contribution in [0.1, 0.15) is 108 Å². The Bertz CT molecular complexity index is 2350. The molecule has 276 valence electrons. The maximum Gasteiger partial charge on any atom is 0.584 e. The molecule has 7 heteroatoms. The van der Waals surface area contributed by atoms with E-state index in [1.54, 1.807) is 0 Å². The van der Waals surface area contributed by atoms with E-state index in [1.807, 2.05) is 12.1 Å². The second kappa shape index (κ2) is 15.0. The minimum absolute atomic E-state index is 0.0660. The molecule has 54 heavy (non-hydrogen) atoms. The summed E-state index contributed by atoms with van der Waals surface area (Å²) in [4.78, 5) is 11.6. The zero-order valence-corrected chi connectivity index (χ0v) is 35.7. The van der Waals surface area contributed by atoms with Crippen LogP contribution in [0.25, 0.3) is 32.7 Å². The van der Waals surface area contributed by atoms with Crippen LogP contribution in [-0.2, 0) is 15.4 Å². The number of phosphoric acid groups is 1. The van der Waals surface area contributed by atoms with E-state index in [9.17, 15) is 9.46 Å². The van der Waals surface area contributed by atoms with E-state index in [2.05, 4.69) is 152 Å². The van der Waals surface area contributed by atoms with Crippen molar-refractivity contribution >= 4 is 58.8 Å². The molecule has 0 aromatic heterocycles. The first kappa shape index (κ1) is 38.3. The fourth-order valence-electron chi connectivity index (χ4n) is 7.65. The number of benzene rings is 6. The minimum atomic E-state index is -4.60. The van der Waals surface area contributed by atoms with Gasteiger partial charge in [-0.3, -0.25) is 4.89 Å². The van der Waals surface area contributed by atoms with Gasteiger partial charge in [0.2, 0.25) is 0 Å². The highest BCUT2D eigenvalue weighted by Crippen LogP contribution is 2.56. The van der Waals surface area contributed by atoms with E-state index < -0.39 is 7.82 Å². The van der Waals surface area contributed by atoms with Crippen molar-refractivity contribution < 1.29 is 18.5 Å². The number of fused-ring (bicyclic) bond motifs is 7. The summed E-state index contributed by atoms with van der Waals surface area (Å²) in [6.07, 6.45) is 2.93. The van der Waals surface area contributed by atoms with Gasteiger partial charge in [0, 0.05) is 11.1 Å². The Hall–Kier alpha value is -3.94. The number of rotatable bonds is 9. The third-order valence-electron chi connectivity index (χ3n) is 10.7. The van der Waals surface area contributed by atoms with Crippen molar-refractivity contribution in [3.05, 3.63) is 131 Å². The van der Waals surface area contributed by atoms with Gasteiger partial charge in [0.25, 0.3) is 0 Å². The van der Waals surface area contributed by atoms with Gasteiger partial charge in [-0.15, -0.1) is 0 Å². The quantitative estimate of drug-likeness (QED) is 0.118. The van der Waals surface area contributed by atoms with E-state index in [4.69, 9.17) is 9.05 Å². The summed E-state index contributed by atoms with van der Waals surface area (Å²) in [6, 6.07) is 39.0. The van der Waals surface area contributed by atoms with Crippen molar-refractivity contribution in [2.75, 3.05) is 0 Å². The van der Waals surface area contributed by atoms with Gasteiger partial charge in [0.05, 0.1) is 19.0 Å². The van der Waals surface area contributed by atoms with Gasteiger partial charge in [0.15, 0.2) is 0 Å². The zero-order chi connectivity index (χ0) is 38.4. The lowest BCUT2D eigenvalue weighted by atomic mass is 9.86. The fraction of sp³-hybridized carbons (Fsp3) is 0.319. The summed E-state index contributed by atoms with van der Waals surface area (Å²) in [5.41, 5.74) is 7.37. The molecule has 1 heterocycles. The lowest BCUT2D eigenvalue weighted by Crippen LogP contribution is -2.25. The average molecular weight is 767 g/mol. The highest BCUT2D eigenvalue weighted by atomic mass is 31.2. The van der Waals surface area contributed by atoms with Crippen molar-refractivity contribution in [3.63, 3.8) is 0 Å². The summed E-state index contributed by atoms with van der Waals surface area (Å²) in [5, 5.41) is 5.97. The van der Waals surface area contributed by atoms with Gasteiger partial charge in [-0.1, -0.05) is 177 Å². The van der Waals surface area contributed by atoms with E-state index in [0.717, 1.165) is 62.3 Å². The van der Waals surface area contributed by atoms with Crippen LogP contribution in [0.4, 0.5) is 0 Å². The number of hydrogen-bond acceptors (Lipinski definition) is 3. The van der Waals surface area contributed by atoms with Gasteiger partial charge in [-0.2, -0.15) is 0 Å². The normalized spacial score (nSPS) is 16.9. The number of hydrogen-bond donors (Lipinski definition) is 1. The molecule has 1 aliphatic heterocycles. The van der Waals surface area contributed by atoms with E-state index >= 15 is 0 Å². The molecule has 3 atom stereocenters. The molecule has 0 saturated heterocycles. The smallest absolute Gasteiger partial charge is 0.395 e. The van der Waals surface area contributed by atoms with Crippen molar-refractivity contribution in [2.24, 2.45) is 0 Å². The van der Waals surface area contributed by atoms with Crippen LogP contribution in [0.2, 0.25) is 0 Å². The molecule has 7 rings (SSSR count). The topological polar surface area (TPSA) is 55.8 Å². The molecule has 6 aromatic rings. The Labute approximate surface area is 326 Å². The van der Waals surface area contributed by atoms with E-state index in [0.29, 0.717) is 30.5 Å². The Morgan fingerprint density at radius 3 is 1.43 bits per heavy atom. The van der Waals surface area contributed by atoms with Gasteiger partial charge < -0.3 is 9.05 Å². The molecule has 1 aliphatic rings. The van der Waals surface area contributed by atoms with Crippen molar-refractivity contribution in [1.29, 1.82) is 0 Å². The van der Waals surface area contributed by atoms with Crippen LogP contribution >= 0.6 is 7.82 Å². The SMILES string of the molecule is CCCC([Si]c1cc2ccccc2c2c1OP(=O)(O)Oc1c([Si]C(CC)c3ccc(C(C)(C)C)cc3)cc3ccccc3c1-2)c1ccc(C(C)(C)C)cc1. The van der Waals surface area contributed by atoms with Crippen molar-refractivity contribution in [2.45, 2.75) is 96.6 Å². The Morgan fingerprint density at radius 2 is 1.02 bits per heavy atom. The van der Waals surface area contributed by atoms with Crippen molar-refractivity contribution in [3.8, 4) is 22.6 Å². The monoisotopic (exact) mass is 766 g/mol. The summed E-state index contributed by atoms with van der Waals surface area (Å²) in [7, 11) is -3.99. The molecule has 0 spiro atoms. The van der Waals surface area contributed by atoms with Gasteiger partial charge in [0.1, 0.15) is 11.5 Å². The Kier molecular flexibility index (Phi) is 10.6. The second-order valence-corrected chi connectivity index (χ2v) is 21.0.